The summed E-state index contributed by atoms with van der Waals surface area (Å²) in [5, 5.41) is 10.3. The van der Waals surface area contributed by atoms with Crippen molar-refractivity contribution in [1.82, 2.24) is 0 Å². The van der Waals surface area contributed by atoms with Crippen LogP contribution in [0.5, 0.6) is 0 Å². The van der Waals surface area contributed by atoms with Crippen LogP contribution >= 0.6 is 0 Å². The molecule has 1 aromatic carbocycles. The van der Waals surface area contributed by atoms with Crippen molar-refractivity contribution in [1.29, 1.82) is 0 Å². The summed E-state index contributed by atoms with van der Waals surface area (Å²) < 4.78 is 0. The third kappa shape index (κ3) is 2.54. The van der Waals surface area contributed by atoms with E-state index in [2.05, 4.69) is 6.92 Å². The summed E-state index contributed by atoms with van der Waals surface area (Å²) in [5.41, 5.74) is 1.31. The van der Waals surface area contributed by atoms with Crippen LogP contribution < -0.4 is 0 Å². The molecule has 0 radical (unpaired) electrons. The van der Waals surface area contributed by atoms with Crippen LogP contribution in [0.25, 0.3) is 6.08 Å². The van der Waals surface area contributed by atoms with Crippen LogP contribution in [0.2, 0.25) is 0 Å². The van der Waals surface area contributed by atoms with E-state index in [1.165, 1.54) is 0 Å². The first-order valence-corrected chi connectivity index (χ1v) is 6.81. The lowest BCUT2D eigenvalue weighted by molar-refractivity contribution is -0.134. The molecule has 100 valence electrons. The molecule has 1 unspecified atom stereocenters. The number of hydrogen-bond acceptors (Lipinski definition) is 2. The Morgan fingerprint density at radius 1 is 1.21 bits per heavy atom. The van der Waals surface area contributed by atoms with Gasteiger partial charge in [0.2, 0.25) is 0 Å². The summed E-state index contributed by atoms with van der Waals surface area (Å²) in [4.78, 5) is 12.1. The SMILES string of the molecule is CCCCC1(O)C(=O)C(/C=C\c2ccccc2)=C1C. The Kier molecular flexibility index (Phi) is 4.01. The number of Topliss-reactive ketones (excluding diaryl/α,β-unsaturated/α-hetero) is 1. The van der Waals surface area contributed by atoms with Crippen LogP contribution in [0.3, 0.4) is 0 Å². The molecule has 0 amide bonds. The molecule has 0 spiro atoms. The molecule has 0 aliphatic heterocycles. The van der Waals surface area contributed by atoms with Crippen molar-refractivity contribution in [2.24, 2.45) is 0 Å². The maximum absolute atomic E-state index is 12.1. The van der Waals surface area contributed by atoms with Gasteiger partial charge in [-0.3, -0.25) is 4.79 Å². The van der Waals surface area contributed by atoms with Gasteiger partial charge in [-0.1, -0.05) is 62.2 Å². The number of allylic oxidation sites excluding steroid dienone is 1. The normalized spacial score (nSPS) is 23.0. The van der Waals surface area contributed by atoms with E-state index in [4.69, 9.17) is 0 Å². The first kappa shape index (κ1) is 13.8. The highest BCUT2D eigenvalue weighted by Crippen LogP contribution is 2.39. The average Bonchev–Trinajstić information content (AvgIpc) is 2.45. The molecule has 1 N–H and O–H groups in total. The highest BCUT2D eigenvalue weighted by Gasteiger charge is 2.48. The first-order chi connectivity index (χ1) is 9.09. The molecule has 19 heavy (non-hydrogen) atoms. The van der Waals surface area contributed by atoms with Crippen molar-refractivity contribution >= 4 is 11.9 Å². The van der Waals surface area contributed by atoms with Gasteiger partial charge < -0.3 is 5.11 Å². The van der Waals surface area contributed by atoms with Gasteiger partial charge in [-0.15, -0.1) is 0 Å². The zero-order chi connectivity index (χ0) is 13.9. The molecule has 1 aliphatic rings. The van der Waals surface area contributed by atoms with Gasteiger partial charge in [0.1, 0.15) is 5.60 Å². The van der Waals surface area contributed by atoms with E-state index in [-0.39, 0.29) is 5.78 Å². The molecule has 0 heterocycles. The quantitative estimate of drug-likeness (QED) is 0.875. The van der Waals surface area contributed by atoms with Crippen molar-refractivity contribution in [3.8, 4) is 0 Å². The van der Waals surface area contributed by atoms with E-state index < -0.39 is 5.60 Å². The van der Waals surface area contributed by atoms with Gasteiger partial charge in [-0.25, -0.2) is 0 Å². The van der Waals surface area contributed by atoms with E-state index in [0.717, 1.165) is 24.0 Å². The van der Waals surface area contributed by atoms with Crippen LogP contribution in [-0.4, -0.2) is 16.5 Å². The fourth-order valence-electron chi connectivity index (χ4n) is 2.40. The number of benzene rings is 1. The predicted molar refractivity (Wildman–Crippen MR) is 77.7 cm³/mol. The smallest absolute Gasteiger partial charge is 0.198 e. The third-order valence-electron chi connectivity index (χ3n) is 3.78. The monoisotopic (exact) mass is 256 g/mol. The van der Waals surface area contributed by atoms with Gasteiger partial charge in [-0.05, 0) is 24.5 Å². The Balaban J connectivity index is 2.14. The second kappa shape index (κ2) is 5.54. The lowest BCUT2D eigenvalue weighted by atomic mass is 9.70. The summed E-state index contributed by atoms with van der Waals surface area (Å²) in [6.07, 6.45) is 6.12. The number of unbranched alkanes of at least 4 members (excludes halogenated alkanes) is 1. The molecule has 2 rings (SSSR count). The number of rotatable bonds is 5. The van der Waals surface area contributed by atoms with Crippen LogP contribution in [0.15, 0.2) is 47.6 Å². The Morgan fingerprint density at radius 2 is 1.89 bits per heavy atom. The fraction of sp³-hybridized carbons (Fsp3) is 0.353. The second-order valence-electron chi connectivity index (χ2n) is 5.08. The van der Waals surface area contributed by atoms with Crippen molar-refractivity contribution in [3.63, 3.8) is 0 Å². The molecular weight excluding hydrogens is 236 g/mol. The molecule has 0 aromatic heterocycles. The average molecular weight is 256 g/mol. The molecule has 0 bridgehead atoms. The van der Waals surface area contributed by atoms with Crippen molar-refractivity contribution in [3.05, 3.63) is 53.1 Å². The topological polar surface area (TPSA) is 37.3 Å². The van der Waals surface area contributed by atoms with Crippen molar-refractivity contribution < 1.29 is 9.90 Å². The number of aliphatic hydroxyl groups is 1. The highest BCUT2D eigenvalue weighted by atomic mass is 16.3. The number of hydrogen-bond donors (Lipinski definition) is 1. The van der Waals surface area contributed by atoms with Crippen LogP contribution in [0, 0.1) is 0 Å². The van der Waals surface area contributed by atoms with E-state index in [1.54, 1.807) is 0 Å². The van der Waals surface area contributed by atoms with Gasteiger partial charge in [-0.2, -0.15) is 0 Å². The number of carbonyl (C=O) groups is 1. The zero-order valence-electron chi connectivity index (χ0n) is 11.5. The lowest BCUT2D eigenvalue weighted by Gasteiger charge is -2.37. The second-order valence-corrected chi connectivity index (χ2v) is 5.08. The maximum Gasteiger partial charge on any atom is 0.198 e. The Hall–Kier alpha value is -1.67. The molecule has 0 fully saturated rings. The van der Waals surface area contributed by atoms with Gasteiger partial charge >= 0.3 is 0 Å². The Labute approximate surface area is 114 Å². The largest absolute Gasteiger partial charge is 0.377 e. The minimum Gasteiger partial charge on any atom is -0.377 e. The van der Waals surface area contributed by atoms with E-state index in [1.807, 2.05) is 49.4 Å². The van der Waals surface area contributed by atoms with Gasteiger partial charge in [0, 0.05) is 5.57 Å². The van der Waals surface area contributed by atoms with Crippen LogP contribution in [-0.2, 0) is 4.79 Å². The summed E-state index contributed by atoms with van der Waals surface area (Å²) in [5.74, 6) is -0.134. The summed E-state index contributed by atoms with van der Waals surface area (Å²) in [6, 6.07) is 9.85. The number of carbonyl (C=O) groups excluding carboxylic acids is 1. The lowest BCUT2D eigenvalue weighted by Crippen LogP contribution is -2.49. The Morgan fingerprint density at radius 3 is 2.47 bits per heavy atom. The van der Waals surface area contributed by atoms with Gasteiger partial charge in [0.05, 0.1) is 0 Å². The molecule has 2 heteroatoms. The standard InChI is InChI=1S/C17H20O2/c1-3-4-12-17(19)13(2)15(16(17)18)11-10-14-8-6-5-7-9-14/h5-11,19H,3-4,12H2,1-2H3/b11-10-. The molecule has 2 nitrogen and oxygen atoms in total. The molecular formula is C17H20O2. The summed E-state index contributed by atoms with van der Waals surface area (Å²) >= 11 is 0. The molecule has 1 aromatic rings. The number of ketones is 1. The predicted octanol–water partition coefficient (Wildman–Crippen LogP) is 3.52. The summed E-state index contributed by atoms with van der Waals surface area (Å²) in [7, 11) is 0. The van der Waals surface area contributed by atoms with E-state index >= 15 is 0 Å². The van der Waals surface area contributed by atoms with E-state index in [0.29, 0.717) is 12.0 Å². The van der Waals surface area contributed by atoms with Gasteiger partial charge in [0.25, 0.3) is 0 Å². The maximum atomic E-state index is 12.1. The van der Waals surface area contributed by atoms with E-state index in [9.17, 15) is 9.90 Å². The minimum atomic E-state index is -1.20. The first-order valence-electron chi connectivity index (χ1n) is 6.81. The van der Waals surface area contributed by atoms with Crippen molar-refractivity contribution in [2.45, 2.75) is 38.7 Å². The Bertz CT molecular complexity index is 525. The molecule has 0 saturated heterocycles. The van der Waals surface area contributed by atoms with Crippen LogP contribution in [0.4, 0.5) is 0 Å². The minimum absolute atomic E-state index is 0.134. The molecule has 1 atom stereocenters. The summed E-state index contributed by atoms with van der Waals surface area (Å²) in [6.45, 7) is 3.91. The zero-order valence-corrected chi connectivity index (χ0v) is 11.5. The third-order valence-corrected chi connectivity index (χ3v) is 3.78. The molecule has 1 aliphatic carbocycles. The van der Waals surface area contributed by atoms with Crippen LogP contribution in [0.1, 0.15) is 38.7 Å². The van der Waals surface area contributed by atoms with Gasteiger partial charge in [0.15, 0.2) is 5.78 Å². The fourth-order valence-corrected chi connectivity index (χ4v) is 2.40. The van der Waals surface area contributed by atoms with Crippen molar-refractivity contribution in [2.75, 3.05) is 0 Å². The molecule has 0 saturated carbocycles. The highest BCUT2D eigenvalue weighted by molar-refractivity contribution is 6.14.